The SMILES string of the molecule is Cc1cc(C)c(C)c(-c2cncc(CNC3CC3)c2)c1C. The monoisotopic (exact) mass is 280 g/mol. The standard InChI is InChI=1S/C19H24N2/c1-12-7-13(2)15(4)19(14(12)3)17-8-16(9-20-11-17)10-21-18-5-6-18/h7-9,11,18,21H,5-6,10H2,1-4H3. The van der Waals surface area contributed by atoms with Crippen molar-refractivity contribution in [2.24, 2.45) is 0 Å². The second-order valence-electron chi connectivity index (χ2n) is 6.37. The number of hydrogen-bond acceptors (Lipinski definition) is 2. The van der Waals surface area contributed by atoms with Gasteiger partial charge in [-0.05, 0) is 80.0 Å². The van der Waals surface area contributed by atoms with Crippen molar-refractivity contribution in [1.29, 1.82) is 0 Å². The van der Waals surface area contributed by atoms with Gasteiger partial charge in [0.25, 0.3) is 0 Å². The number of aromatic nitrogens is 1. The molecule has 0 radical (unpaired) electrons. The van der Waals surface area contributed by atoms with E-state index in [1.165, 1.54) is 51.8 Å². The van der Waals surface area contributed by atoms with E-state index in [1.807, 2.05) is 12.4 Å². The zero-order valence-electron chi connectivity index (χ0n) is 13.5. The fourth-order valence-electron chi connectivity index (χ4n) is 2.92. The summed E-state index contributed by atoms with van der Waals surface area (Å²) in [5.41, 5.74) is 9.32. The van der Waals surface area contributed by atoms with E-state index in [0.717, 1.165) is 12.6 Å². The Morgan fingerprint density at radius 3 is 2.29 bits per heavy atom. The van der Waals surface area contributed by atoms with Crippen molar-refractivity contribution < 1.29 is 0 Å². The normalized spacial score (nSPS) is 14.5. The second kappa shape index (κ2) is 5.61. The van der Waals surface area contributed by atoms with Crippen LogP contribution in [0.5, 0.6) is 0 Å². The van der Waals surface area contributed by atoms with E-state index < -0.39 is 0 Å². The smallest absolute Gasteiger partial charge is 0.0346 e. The van der Waals surface area contributed by atoms with Crippen LogP contribution >= 0.6 is 0 Å². The molecule has 2 nitrogen and oxygen atoms in total. The van der Waals surface area contributed by atoms with E-state index in [4.69, 9.17) is 0 Å². The number of pyridine rings is 1. The summed E-state index contributed by atoms with van der Waals surface area (Å²) < 4.78 is 0. The summed E-state index contributed by atoms with van der Waals surface area (Å²) in [6.07, 6.45) is 6.62. The predicted octanol–water partition coefficient (Wildman–Crippen LogP) is 4.23. The Morgan fingerprint density at radius 2 is 1.67 bits per heavy atom. The third-order valence-corrected chi connectivity index (χ3v) is 4.62. The molecule has 21 heavy (non-hydrogen) atoms. The highest BCUT2D eigenvalue weighted by Crippen LogP contribution is 2.31. The zero-order valence-corrected chi connectivity index (χ0v) is 13.5. The van der Waals surface area contributed by atoms with Crippen molar-refractivity contribution >= 4 is 0 Å². The van der Waals surface area contributed by atoms with E-state index >= 15 is 0 Å². The van der Waals surface area contributed by atoms with Gasteiger partial charge in [0.15, 0.2) is 0 Å². The highest BCUT2D eigenvalue weighted by molar-refractivity contribution is 5.73. The fourth-order valence-corrected chi connectivity index (χ4v) is 2.92. The summed E-state index contributed by atoms with van der Waals surface area (Å²) >= 11 is 0. The molecule has 3 rings (SSSR count). The maximum Gasteiger partial charge on any atom is 0.0346 e. The molecule has 2 heteroatoms. The van der Waals surface area contributed by atoms with Crippen LogP contribution in [0, 0.1) is 27.7 Å². The Balaban J connectivity index is 1.97. The van der Waals surface area contributed by atoms with E-state index in [9.17, 15) is 0 Å². The summed E-state index contributed by atoms with van der Waals surface area (Å²) in [7, 11) is 0. The molecule has 0 amide bonds. The van der Waals surface area contributed by atoms with Crippen LogP contribution in [0.2, 0.25) is 0 Å². The summed E-state index contributed by atoms with van der Waals surface area (Å²) in [5, 5.41) is 3.56. The third-order valence-electron chi connectivity index (χ3n) is 4.62. The average Bonchev–Trinajstić information content (AvgIpc) is 3.28. The number of hydrogen-bond donors (Lipinski definition) is 1. The molecule has 0 spiro atoms. The van der Waals surface area contributed by atoms with Crippen LogP contribution in [-0.2, 0) is 6.54 Å². The predicted molar refractivity (Wildman–Crippen MR) is 88.5 cm³/mol. The number of aryl methyl sites for hydroxylation is 2. The van der Waals surface area contributed by atoms with Gasteiger partial charge in [-0.25, -0.2) is 0 Å². The molecular formula is C19H24N2. The Kier molecular flexibility index (Phi) is 3.81. The average molecular weight is 280 g/mol. The van der Waals surface area contributed by atoms with E-state index in [2.05, 4.69) is 50.1 Å². The maximum absolute atomic E-state index is 4.46. The van der Waals surface area contributed by atoms with Crippen molar-refractivity contribution in [2.75, 3.05) is 0 Å². The molecule has 110 valence electrons. The maximum atomic E-state index is 4.46. The molecule has 0 atom stereocenters. The molecule has 1 heterocycles. The first-order valence-corrected chi connectivity index (χ1v) is 7.81. The van der Waals surface area contributed by atoms with Crippen LogP contribution in [0.15, 0.2) is 24.5 Å². The second-order valence-corrected chi connectivity index (χ2v) is 6.37. The zero-order chi connectivity index (χ0) is 15.0. The van der Waals surface area contributed by atoms with Gasteiger partial charge in [-0.2, -0.15) is 0 Å². The molecule has 0 bridgehead atoms. The Bertz CT molecular complexity index is 643. The van der Waals surface area contributed by atoms with Gasteiger partial charge < -0.3 is 5.32 Å². The Labute approximate surface area is 127 Å². The van der Waals surface area contributed by atoms with Gasteiger partial charge in [-0.3, -0.25) is 4.98 Å². The van der Waals surface area contributed by atoms with E-state index in [-0.39, 0.29) is 0 Å². The van der Waals surface area contributed by atoms with E-state index in [1.54, 1.807) is 0 Å². The lowest BCUT2D eigenvalue weighted by Crippen LogP contribution is -2.15. The summed E-state index contributed by atoms with van der Waals surface area (Å²) in [6, 6.07) is 5.30. The van der Waals surface area contributed by atoms with Gasteiger partial charge in [0.2, 0.25) is 0 Å². The molecule has 1 N–H and O–H groups in total. The molecule has 1 saturated carbocycles. The minimum Gasteiger partial charge on any atom is -0.310 e. The molecule has 0 saturated heterocycles. The van der Waals surface area contributed by atoms with Crippen LogP contribution in [0.25, 0.3) is 11.1 Å². The van der Waals surface area contributed by atoms with Crippen LogP contribution in [0.4, 0.5) is 0 Å². The quantitative estimate of drug-likeness (QED) is 0.906. The molecule has 0 unspecified atom stereocenters. The van der Waals surface area contributed by atoms with Gasteiger partial charge in [0.1, 0.15) is 0 Å². The fraction of sp³-hybridized carbons (Fsp3) is 0.421. The first-order chi connectivity index (χ1) is 10.1. The van der Waals surface area contributed by atoms with Crippen LogP contribution in [0.3, 0.4) is 0 Å². The minimum absolute atomic E-state index is 0.735. The van der Waals surface area contributed by atoms with Gasteiger partial charge in [0.05, 0.1) is 0 Å². The largest absolute Gasteiger partial charge is 0.310 e. The number of rotatable bonds is 4. The Hall–Kier alpha value is -1.67. The molecule has 1 aliphatic rings. The molecule has 2 aromatic rings. The Morgan fingerprint density at radius 1 is 1.00 bits per heavy atom. The summed E-state index contributed by atoms with van der Waals surface area (Å²) in [5.74, 6) is 0. The molecule has 1 aliphatic carbocycles. The van der Waals surface area contributed by atoms with Crippen molar-refractivity contribution in [3.05, 3.63) is 52.3 Å². The first kappa shape index (κ1) is 14.3. The number of nitrogens with zero attached hydrogens (tertiary/aromatic N) is 1. The summed E-state index contributed by atoms with van der Waals surface area (Å²) in [6.45, 7) is 9.74. The minimum atomic E-state index is 0.735. The van der Waals surface area contributed by atoms with Gasteiger partial charge in [0, 0.05) is 30.5 Å². The van der Waals surface area contributed by atoms with Crippen molar-refractivity contribution in [1.82, 2.24) is 10.3 Å². The summed E-state index contributed by atoms with van der Waals surface area (Å²) in [4.78, 5) is 4.46. The lowest BCUT2D eigenvalue weighted by molar-refractivity contribution is 0.686. The van der Waals surface area contributed by atoms with Crippen molar-refractivity contribution in [3.63, 3.8) is 0 Å². The molecule has 0 aliphatic heterocycles. The molecular weight excluding hydrogens is 256 g/mol. The van der Waals surface area contributed by atoms with Crippen LogP contribution in [0.1, 0.15) is 40.7 Å². The highest BCUT2D eigenvalue weighted by atomic mass is 14.9. The number of benzene rings is 1. The molecule has 1 aromatic carbocycles. The van der Waals surface area contributed by atoms with Crippen LogP contribution in [-0.4, -0.2) is 11.0 Å². The van der Waals surface area contributed by atoms with Gasteiger partial charge in [-0.15, -0.1) is 0 Å². The molecule has 1 fully saturated rings. The first-order valence-electron chi connectivity index (χ1n) is 7.81. The number of nitrogens with one attached hydrogen (secondary N) is 1. The lowest BCUT2D eigenvalue weighted by Gasteiger charge is -2.16. The van der Waals surface area contributed by atoms with Crippen molar-refractivity contribution in [3.8, 4) is 11.1 Å². The molecule has 1 aromatic heterocycles. The van der Waals surface area contributed by atoms with E-state index in [0.29, 0.717) is 0 Å². The third kappa shape index (κ3) is 3.01. The van der Waals surface area contributed by atoms with Crippen molar-refractivity contribution in [2.45, 2.75) is 53.1 Å². The lowest BCUT2D eigenvalue weighted by atomic mass is 9.90. The topological polar surface area (TPSA) is 24.9 Å². The van der Waals surface area contributed by atoms with Crippen LogP contribution < -0.4 is 5.32 Å². The highest BCUT2D eigenvalue weighted by Gasteiger charge is 2.20. The van der Waals surface area contributed by atoms with Gasteiger partial charge >= 0.3 is 0 Å². The van der Waals surface area contributed by atoms with Gasteiger partial charge in [-0.1, -0.05) is 6.07 Å².